The smallest absolute Gasteiger partial charge is 0.310 e. The molecular formula is C14H18O5. The van der Waals surface area contributed by atoms with Crippen molar-refractivity contribution in [3.8, 4) is 11.5 Å². The molecule has 1 aromatic rings. The third-order valence-corrected chi connectivity index (χ3v) is 2.66. The average molecular weight is 266 g/mol. The summed E-state index contributed by atoms with van der Waals surface area (Å²) in [6, 6.07) is 3.42. The molecule has 5 nitrogen and oxygen atoms in total. The number of carbonyl (C=O) groups excluding carboxylic acids is 2. The number of aryl methyl sites for hydroxylation is 1. The van der Waals surface area contributed by atoms with Crippen LogP contribution in [0.15, 0.2) is 12.1 Å². The van der Waals surface area contributed by atoms with Crippen LogP contribution in [0, 0.1) is 0 Å². The van der Waals surface area contributed by atoms with Crippen molar-refractivity contribution in [3.05, 3.63) is 23.3 Å². The molecule has 0 amide bonds. The Balaban J connectivity index is 3.20. The van der Waals surface area contributed by atoms with Gasteiger partial charge in [-0.15, -0.1) is 0 Å². The molecule has 0 aliphatic carbocycles. The number of rotatable bonds is 5. The minimum absolute atomic E-state index is 0.0674. The van der Waals surface area contributed by atoms with Crippen molar-refractivity contribution in [2.45, 2.75) is 26.7 Å². The summed E-state index contributed by atoms with van der Waals surface area (Å²) in [4.78, 5) is 22.4. The Bertz CT molecular complexity index is 479. The molecule has 0 saturated carbocycles. The van der Waals surface area contributed by atoms with E-state index in [0.717, 1.165) is 5.56 Å². The Morgan fingerprint density at radius 3 is 2.21 bits per heavy atom. The Morgan fingerprint density at radius 1 is 1.11 bits per heavy atom. The van der Waals surface area contributed by atoms with Gasteiger partial charge in [-0.3, -0.25) is 9.59 Å². The normalized spacial score (nSPS) is 9.89. The van der Waals surface area contributed by atoms with Crippen LogP contribution in [0.2, 0.25) is 0 Å². The van der Waals surface area contributed by atoms with Crippen LogP contribution in [0.5, 0.6) is 11.5 Å². The lowest BCUT2D eigenvalue weighted by Crippen LogP contribution is -2.09. The molecule has 5 heteroatoms. The van der Waals surface area contributed by atoms with Crippen LogP contribution in [-0.4, -0.2) is 26.2 Å². The molecule has 0 aromatic heterocycles. The van der Waals surface area contributed by atoms with Crippen LogP contribution in [0.3, 0.4) is 0 Å². The molecule has 0 fully saturated rings. The summed E-state index contributed by atoms with van der Waals surface area (Å²) < 4.78 is 15.0. The lowest BCUT2D eigenvalue weighted by atomic mass is 10.0. The molecule has 0 atom stereocenters. The van der Waals surface area contributed by atoms with Crippen LogP contribution >= 0.6 is 0 Å². The fraction of sp³-hybridized carbons (Fsp3) is 0.429. The van der Waals surface area contributed by atoms with E-state index in [1.54, 1.807) is 12.1 Å². The predicted octanol–water partition coefficient (Wildman–Crippen LogP) is 1.90. The van der Waals surface area contributed by atoms with Crippen LogP contribution in [0.1, 0.15) is 25.0 Å². The predicted molar refractivity (Wildman–Crippen MR) is 69.4 cm³/mol. The summed E-state index contributed by atoms with van der Waals surface area (Å²) in [7, 11) is 2.85. The van der Waals surface area contributed by atoms with E-state index in [9.17, 15) is 9.59 Å². The van der Waals surface area contributed by atoms with Gasteiger partial charge in [0, 0.05) is 12.5 Å². The number of hydrogen-bond acceptors (Lipinski definition) is 5. The zero-order valence-electron chi connectivity index (χ0n) is 11.6. The number of ether oxygens (including phenoxy) is 3. The minimum atomic E-state index is -0.399. The molecule has 0 N–H and O–H groups in total. The molecule has 0 radical (unpaired) electrons. The van der Waals surface area contributed by atoms with Gasteiger partial charge < -0.3 is 14.2 Å². The Hall–Kier alpha value is -2.04. The third kappa shape index (κ3) is 3.98. The van der Waals surface area contributed by atoms with Crippen molar-refractivity contribution in [1.29, 1.82) is 0 Å². The maximum atomic E-state index is 11.4. The molecule has 1 aromatic carbocycles. The van der Waals surface area contributed by atoms with Crippen molar-refractivity contribution in [2.75, 3.05) is 14.2 Å². The first-order valence-corrected chi connectivity index (χ1v) is 5.96. The molecule has 0 saturated heterocycles. The molecule has 19 heavy (non-hydrogen) atoms. The van der Waals surface area contributed by atoms with E-state index in [0.29, 0.717) is 23.5 Å². The SMILES string of the molecule is CCc1cc(OC)c(CC(=O)OC)cc1OC(C)=O. The highest BCUT2D eigenvalue weighted by atomic mass is 16.5. The lowest BCUT2D eigenvalue weighted by molar-refractivity contribution is -0.139. The highest BCUT2D eigenvalue weighted by molar-refractivity contribution is 5.75. The van der Waals surface area contributed by atoms with Gasteiger partial charge in [0.25, 0.3) is 0 Å². The van der Waals surface area contributed by atoms with E-state index in [2.05, 4.69) is 4.74 Å². The summed E-state index contributed by atoms with van der Waals surface area (Å²) in [6.07, 6.45) is 0.759. The number of methoxy groups -OCH3 is 2. The second-order valence-electron chi connectivity index (χ2n) is 3.97. The second-order valence-corrected chi connectivity index (χ2v) is 3.97. The van der Waals surface area contributed by atoms with Gasteiger partial charge in [0.1, 0.15) is 11.5 Å². The van der Waals surface area contributed by atoms with Crippen molar-refractivity contribution in [1.82, 2.24) is 0 Å². The van der Waals surface area contributed by atoms with E-state index >= 15 is 0 Å². The zero-order chi connectivity index (χ0) is 14.4. The van der Waals surface area contributed by atoms with E-state index in [1.165, 1.54) is 21.1 Å². The van der Waals surface area contributed by atoms with Gasteiger partial charge in [-0.05, 0) is 24.1 Å². The van der Waals surface area contributed by atoms with Crippen LogP contribution < -0.4 is 9.47 Å². The number of benzene rings is 1. The molecule has 0 bridgehead atoms. The Kier molecular flexibility index (Phi) is 5.36. The van der Waals surface area contributed by atoms with Crippen molar-refractivity contribution < 1.29 is 23.8 Å². The standard InChI is InChI=1S/C14H18O5/c1-5-10-6-12(17-3)11(8-14(16)18-4)7-13(10)19-9(2)15/h6-7H,5,8H2,1-4H3. The molecule has 0 aliphatic rings. The average Bonchev–Trinajstić information content (AvgIpc) is 2.38. The first-order valence-electron chi connectivity index (χ1n) is 5.96. The van der Waals surface area contributed by atoms with E-state index in [-0.39, 0.29) is 12.4 Å². The first kappa shape index (κ1) is 15.0. The summed E-state index contributed by atoms with van der Waals surface area (Å²) in [6.45, 7) is 3.28. The van der Waals surface area contributed by atoms with Crippen molar-refractivity contribution in [3.63, 3.8) is 0 Å². The molecule has 0 heterocycles. The van der Waals surface area contributed by atoms with Gasteiger partial charge in [-0.1, -0.05) is 6.92 Å². The summed E-state index contributed by atoms with van der Waals surface area (Å²) in [5, 5.41) is 0. The molecular weight excluding hydrogens is 248 g/mol. The maximum Gasteiger partial charge on any atom is 0.310 e. The van der Waals surface area contributed by atoms with Crippen LogP contribution in [0.4, 0.5) is 0 Å². The molecule has 1 rings (SSSR count). The van der Waals surface area contributed by atoms with Gasteiger partial charge in [-0.2, -0.15) is 0 Å². The molecule has 0 unspecified atom stereocenters. The van der Waals surface area contributed by atoms with Crippen LogP contribution in [0.25, 0.3) is 0 Å². The third-order valence-electron chi connectivity index (χ3n) is 2.66. The van der Waals surface area contributed by atoms with E-state index < -0.39 is 5.97 Å². The van der Waals surface area contributed by atoms with E-state index in [4.69, 9.17) is 9.47 Å². The zero-order valence-corrected chi connectivity index (χ0v) is 11.6. The monoisotopic (exact) mass is 266 g/mol. The van der Waals surface area contributed by atoms with Crippen LogP contribution in [-0.2, 0) is 27.2 Å². The molecule has 104 valence electrons. The number of carbonyl (C=O) groups is 2. The summed E-state index contributed by atoms with van der Waals surface area (Å²) >= 11 is 0. The van der Waals surface area contributed by atoms with E-state index in [1.807, 2.05) is 6.92 Å². The Morgan fingerprint density at radius 2 is 1.74 bits per heavy atom. The fourth-order valence-corrected chi connectivity index (χ4v) is 1.73. The minimum Gasteiger partial charge on any atom is -0.496 e. The topological polar surface area (TPSA) is 61.8 Å². The highest BCUT2D eigenvalue weighted by Crippen LogP contribution is 2.30. The van der Waals surface area contributed by atoms with Gasteiger partial charge in [-0.25, -0.2) is 0 Å². The summed E-state index contributed by atoms with van der Waals surface area (Å²) in [5.41, 5.74) is 1.48. The molecule has 0 spiro atoms. The first-order chi connectivity index (χ1) is 9.01. The van der Waals surface area contributed by atoms with Gasteiger partial charge in [0.05, 0.1) is 20.6 Å². The number of hydrogen-bond donors (Lipinski definition) is 0. The fourth-order valence-electron chi connectivity index (χ4n) is 1.73. The van der Waals surface area contributed by atoms with Gasteiger partial charge in [0.2, 0.25) is 0 Å². The maximum absolute atomic E-state index is 11.4. The number of esters is 2. The largest absolute Gasteiger partial charge is 0.496 e. The van der Waals surface area contributed by atoms with Gasteiger partial charge >= 0.3 is 11.9 Å². The van der Waals surface area contributed by atoms with Gasteiger partial charge in [0.15, 0.2) is 0 Å². The van der Waals surface area contributed by atoms with Crippen molar-refractivity contribution >= 4 is 11.9 Å². The molecule has 0 aliphatic heterocycles. The Labute approximate surface area is 112 Å². The lowest BCUT2D eigenvalue weighted by Gasteiger charge is -2.13. The van der Waals surface area contributed by atoms with Crippen molar-refractivity contribution in [2.24, 2.45) is 0 Å². The highest BCUT2D eigenvalue weighted by Gasteiger charge is 2.15. The summed E-state index contributed by atoms with van der Waals surface area (Å²) in [5.74, 6) is 0.257. The quantitative estimate of drug-likeness (QED) is 0.601. The second kappa shape index (κ2) is 6.78.